The van der Waals surface area contributed by atoms with Crippen LogP contribution >= 0.6 is 0 Å². The third kappa shape index (κ3) is 4.95. The molecule has 0 bridgehead atoms. The monoisotopic (exact) mass is 316 g/mol. The first-order chi connectivity index (χ1) is 11.1. The van der Waals surface area contributed by atoms with E-state index in [1.165, 1.54) is 12.4 Å². The summed E-state index contributed by atoms with van der Waals surface area (Å²) in [5, 5.41) is 27.8. The zero-order valence-corrected chi connectivity index (χ0v) is 12.3. The van der Waals surface area contributed by atoms with Crippen molar-refractivity contribution >= 4 is 11.8 Å². The predicted octanol–water partition coefficient (Wildman–Crippen LogP) is -0.724. The van der Waals surface area contributed by atoms with Crippen LogP contribution in [0.2, 0.25) is 0 Å². The van der Waals surface area contributed by atoms with Crippen molar-refractivity contribution in [2.45, 2.75) is 19.5 Å². The van der Waals surface area contributed by atoms with Gasteiger partial charge in [-0.3, -0.25) is 9.59 Å². The molecule has 0 saturated heterocycles. The molecule has 0 unspecified atom stereocenters. The van der Waals surface area contributed by atoms with E-state index in [0.717, 1.165) is 0 Å². The summed E-state index contributed by atoms with van der Waals surface area (Å²) in [4.78, 5) is 23.3. The van der Waals surface area contributed by atoms with E-state index in [1.54, 1.807) is 36.4 Å². The fourth-order valence-corrected chi connectivity index (χ4v) is 1.85. The third-order valence-electron chi connectivity index (χ3n) is 3.06. The summed E-state index contributed by atoms with van der Waals surface area (Å²) in [6.45, 7) is 0.0748. The van der Waals surface area contributed by atoms with Gasteiger partial charge in [0.25, 0.3) is 0 Å². The van der Waals surface area contributed by atoms with Crippen LogP contribution in [0.5, 0.6) is 0 Å². The van der Waals surface area contributed by atoms with E-state index in [2.05, 4.69) is 10.6 Å². The third-order valence-corrected chi connectivity index (χ3v) is 3.06. The van der Waals surface area contributed by atoms with E-state index in [0.29, 0.717) is 20.8 Å². The normalized spacial score (nSPS) is 10.1. The standard InChI is InChI=1S/C15H16N4O4/c20-14(16-10-12-5-1-3-7-18(12)22)9-15(21)17-11-13-6-2-4-8-19(13)23/h1-8H,9-11H2,(H,16,20)(H,17,21). The molecule has 8 nitrogen and oxygen atoms in total. The smallest absolute Gasteiger partial charge is 0.229 e. The predicted molar refractivity (Wildman–Crippen MR) is 79.1 cm³/mol. The van der Waals surface area contributed by atoms with Crippen molar-refractivity contribution in [3.8, 4) is 0 Å². The molecule has 0 aliphatic carbocycles. The number of carbonyl (C=O) groups excluding carboxylic acids is 2. The number of aromatic nitrogens is 2. The van der Waals surface area contributed by atoms with Crippen LogP contribution in [0.3, 0.4) is 0 Å². The van der Waals surface area contributed by atoms with Crippen LogP contribution in [-0.2, 0) is 22.7 Å². The van der Waals surface area contributed by atoms with Gasteiger partial charge in [-0.2, -0.15) is 9.46 Å². The van der Waals surface area contributed by atoms with E-state index >= 15 is 0 Å². The number of hydrogen-bond acceptors (Lipinski definition) is 4. The van der Waals surface area contributed by atoms with Gasteiger partial charge in [-0.05, 0) is 12.1 Å². The lowest BCUT2D eigenvalue weighted by atomic mass is 10.3. The summed E-state index contributed by atoms with van der Waals surface area (Å²) in [7, 11) is 0. The Labute approximate surface area is 132 Å². The van der Waals surface area contributed by atoms with E-state index in [4.69, 9.17) is 0 Å². The molecule has 23 heavy (non-hydrogen) atoms. The average Bonchev–Trinajstić information content (AvgIpc) is 2.53. The van der Waals surface area contributed by atoms with Gasteiger partial charge < -0.3 is 21.0 Å². The Hall–Kier alpha value is -3.16. The fraction of sp³-hybridized carbons (Fsp3) is 0.200. The van der Waals surface area contributed by atoms with Gasteiger partial charge in [-0.25, -0.2) is 0 Å². The second-order valence-corrected chi connectivity index (χ2v) is 4.77. The molecule has 2 heterocycles. The highest BCUT2D eigenvalue weighted by Gasteiger charge is 2.12. The van der Waals surface area contributed by atoms with E-state index in [1.807, 2.05) is 0 Å². The second-order valence-electron chi connectivity index (χ2n) is 4.77. The van der Waals surface area contributed by atoms with Crippen molar-refractivity contribution in [2.75, 3.05) is 0 Å². The van der Waals surface area contributed by atoms with Crippen LogP contribution in [0.15, 0.2) is 48.8 Å². The lowest BCUT2D eigenvalue weighted by Crippen LogP contribution is -2.38. The Balaban J connectivity index is 1.76. The second kappa shape index (κ2) is 7.74. The molecule has 0 aromatic carbocycles. The highest BCUT2D eigenvalue weighted by atomic mass is 16.5. The maximum atomic E-state index is 11.7. The van der Waals surface area contributed by atoms with Crippen LogP contribution in [0, 0.1) is 10.4 Å². The quantitative estimate of drug-likeness (QED) is 0.416. The molecule has 0 aliphatic rings. The summed E-state index contributed by atoms with van der Waals surface area (Å²) < 4.78 is 1.28. The molecule has 2 amide bonds. The average molecular weight is 316 g/mol. The minimum atomic E-state index is -0.505. The van der Waals surface area contributed by atoms with Crippen molar-refractivity contribution in [1.82, 2.24) is 10.6 Å². The maximum absolute atomic E-state index is 11.7. The number of rotatable bonds is 6. The van der Waals surface area contributed by atoms with Crippen LogP contribution in [0.4, 0.5) is 0 Å². The number of carbonyl (C=O) groups is 2. The van der Waals surface area contributed by atoms with Gasteiger partial charge >= 0.3 is 0 Å². The minimum absolute atomic E-state index is 0.0374. The first-order valence-corrected chi connectivity index (χ1v) is 6.94. The van der Waals surface area contributed by atoms with Crippen molar-refractivity contribution in [1.29, 1.82) is 0 Å². The molecule has 2 rings (SSSR count). The molecule has 120 valence electrons. The largest absolute Gasteiger partial charge is 0.618 e. The SMILES string of the molecule is O=C(CC(=O)NCc1cccc[n+]1[O-])NCc1cccc[n+]1[O-]. The molecular weight excluding hydrogens is 300 g/mol. The van der Waals surface area contributed by atoms with Gasteiger partial charge in [0.2, 0.25) is 23.2 Å². The summed E-state index contributed by atoms with van der Waals surface area (Å²) in [6, 6.07) is 9.68. The summed E-state index contributed by atoms with van der Waals surface area (Å²) in [5.74, 6) is -1.01. The highest BCUT2D eigenvalue weighted by Crippen LogP contribution is 1.93. The Bertz CT molecular complexity index is 646. The van der Waals surface area contributed by atoms with Crippen LogP contribution < -0.4 is 20.1 Å². The van der Waals surface area contributed by atoms with Crippen molar-refractivity contribution in [3.05, 3.63) is 70.6 Å². The zero-order chi connectivity index (χ0) is 16.7. The van der Waals surface area contributed by atoms with Gasteiger partial charge in [0.15, 0.2) is 12.4 Å². The summed E-state index contributed by atoms with van der Waals surface area (Å²) in [6.07, 6.45) is 2.27. The van der Waals surface area contributed by atoms with Gasteiger partial charge in [-0.1, -0.05) is 0 Å². The first kappa shape index (κ1) is 16.2. The van der Waals surface area contributed by atoms with E-state index < -0.39 is 11.8 Å². The number of nitrogens with one attached hydrogen (secondary N) is 2. The molecule has 2 aromatic heterocycles. The van der Waals surface area contributed by atoms with Gasteiger partial charge in [0.1, 0.15) is 19.5 Å². The molecule has 2 aromatic rings. The zero-order valence-electron chi connectivity index (χ0n) is 12.3. The summed E-state index contributed by atoms with van der Waals surface area (Å²) in [5.41, 5.74) is 0.746. The lowest BCUT2D eigenvalue weighted by molar-refractivity contribution is -0.614. The Morgan fingerprint density at radius 1 is 0.826 bits per heavy atom. The summed E-state index contributed by atoms with van der Waals surface area (Å²) >= 11 is 0. The first-order valence-electron chi connectivity index (χ1n) is 6.94. The van der Waals surface area contributed by atoms with Crippen molar-refractivity contribution in [2.24, 2.45) is 0 Å². The van der Waals surface area contributed by atoms with Crippen molar-refractivity contribution in [3.63, 3.8) is 0 Å². The fourth-order valence-electron chi connectivity index (χ4n) is 1.85. The molecule has 0 aliphatic heterocycles. The Morgan fingerprint density at radius 3 is 1.65 bits per heavy atom. The Kier molecular flexibility index (Phi) is 5.45. The number of amides is 2. The van der Waals surface area contributed by atoms with Crippen LogP contribution in [0.1, 0.15) is 17.8 Å². The molecule has 2 N–H and O–H groups in total. The molecule has 0 saturated carbocycles. The molecule has 0 spiro atoms. The van der Waals surface area contributed by atoms with Gasteiger partial charge in [0.05, 0.1) is 0 Å². The number of nitrogens with zero attached hydrogens (tertiary/aromatic N) is 2. The number of hydrogen-bond donors (Lipinski definition) is 2. The lowest BCUT2D eigenvalue weighted by Gasteiger charge is -2.07. The highest BCUT2D eigenvalue weighted by molar-refractivity contribution is 5.96. The molecular formula is C15H16N4O4. The molecule has 0 radical (unpaired) electrons. The number of pyridine rings is 2. The topological polar surface area (TPSA) is 112 Å². The maximum Gasteiger partial charge on any atom is 0.229 e. The minimum Gasteiger partial charge on any atom is -0.618 e. The van der Waals surface area contributed by atoms with Gasteiger partial charge in [0, 0.05) is 24.3 Å². The van der Waals surface area contributed by atoms with E-state index in [-0.39, 0.29) is 19.5 Å². The van der Waals surface area contributed by atoms with E-state index in [9.17, 15) is 20.0 Å². The van der Waals surface area contributed by atoms with Crippen LogP contribution in [0.25, 0.3) is 0 Å². The molecule has 0 atom stereocenters. The van der Waals surface area contributed by atoms with Crippen LogP contribution in [-0.4, -0.2) is 11.8 Å². The Morgan fingerprint density at radius 2 is 1.26 bits per heavy atom. The van der Waals surface area contributed by atoms with Gasteiger partial charge in [-0.15, -0.1) is 0 Å². The molecule has 0 fully saturated rings. The molecule has 8 heteroatoms. The van der Waals surface area contributed by atoms with Crippen molar-refractivity contribution < 1.29 is 19.0 Å².